The van der Waals surface area contributed by atoms with Gasteiger partial charge in [-0.1, -0.05) is 12.1 Å². The highest BCUT2D eigenvalue weighted by atomic mass is 32.2. The van der Waals surface area contributed by atoms with Gasteiger partial charge in [-0.25, -0.2) is 8.42 Å². The van der Waals surface area contributed by atoms with E-state index in [1.165, 1.54) is 7.11 Å². The van der Waals surface area contributed by atoms with Crippen LogP contribution in [-0.2, 0) is 10.0 Å². The zero-order valence-electron chi connectivity index (χ0n) is 16.2. The monoisotopic (exact) mass is 403 g/mol. The second kappa shape index (κ2) is 7.64. The van der Waals surface area contributed by atoms with Crippen LogP contribution in [0.3, 0.4) is 0 Å². The van der Waals surface area contributed by atoms with E-state index in [0.29, 0.717) is 37.0 Å². The maximum Gasteiger partial charge on any atom is 0.247 e. The van der Waals surface area contributed by atoms with E-state index in [1.54, 1.807) is 16.4 Å². The van der Waals surface area contributed by atoms with E-state index in [2.05, 4.69) is 0 Å². The molecular weight excluding hydrogens is 378 g/mol. The Hall–Kier alpha value is -2.25. The molecule has 1 saturated heterocycles. The Morgan fingerprint density at radius 1 is 1.04 bits per heavy atom. The van der Waals surface area contributed by atoms with Gasteiger partial charge in [-0.3, -0.25) is 0 Å². The second-order valence-electron chi connectivity index (χ2n) is 7.18. The minimum atomic E-state index is -3.69. The molecule has 2 aliphatic rings. The number of fused-ring (bicyclic) bond motifs is 1. The van der Waals surface area contributed by atoms with Crippen LogP contribution >= 0.6 is 0 Å². The SMILES string of the molecule is COc1ccc(C)cc1S(=O)(=O)N1CCC[C@@H]1c1ccc2c(c1)OCCCO2. The van der Waals surface area contributed by atoms with Crippen molar-refractivity contribution in [2.24, 2.45) is 0 Å². The van der Waals surface area contributed by atoms with E-state index in [-0.39, 0.29) is 10.9 Å². The van der Waals surface area contributed by atoms with Gasteiger partial charge in [0.15, 0.2) is 11.5 Å². The summed E-state index contributed by atoms with van der Waals surface area (Å²) in [5, 5.41) is 0. The molecule has 6 nitrogen and oxygen atoms in total. The Morgan fingerprint density at radius 2 is 1.82 bits per heavy atom. The van der Waals surface area contributed by atoms with Crippen molar-refractivity contribution in [3.05, 3.63) is 47.5 Å². The van der Waals surface area contributed by atoms with Crippen LogP contribution in [-0.4, -0.2) is 39.6 Å². The topological polar surface area (TPSA) is 65.1 Å². The Labute approximate surface area is 166 Å². The molecule has 2 heterocycles. The molecule has 1 atom stereocenters. The van der Waals surface area contributed by atoms with Crippen molar-refractivity contribution in [1.82, 2.24) is 4.31 Å². The zero-order valence-corrected chi connectivity index (χ0v) is 17.0. The van der Waals surface area contributed by atoms with Crippen molar-refractivity contribution >= 4 is 10.0 Å². The van der Waals surface area contributed by atoms with E-state index in [9.17, 15) is 8.42 Å². The van der Waals surface area contributed by atoms with Crippen LogP contribution < -0.4 is 14.2 Å². The van der Waals surface area contributed by atoms with E-state index in [0.717, 1.165) is 30.4 Å². The first-order chi connectivity index (χ1) is 13.5. The van der Waals surface area contributed by atoms with Gasteiger partial charge in [0.25, 0.3) is 0 Å². The van der Waals surface area contributed by atoms with Crippen molar-refractivity contribution in [2.75, 3.05) is 26.9 Å². The summed E-state index contributed by atoms with van der Waals surface area (Å²) in [6.45, 7) is 3.59. The molecule has 2 aromatic rings. The number of methoxy groups -OCH3 is 1. The summed E-state index contributed by atoms with van der Waals surface area (Å²) in [5.74, 6) is 1.77. The van der Waals surface area contributed by atoms with Gasteiger partial charge in [0, 0.05) is 13.0 Å². The molecule has 0 aromatic heterocycles. The maximum absolute atomic E-state index is 13.5. The molecule has 2 aliphatic heterocycles. The maximum atomic E-state index is 13.5. The molecule has 0 bridgehead atoms. The molecule has 4 rings (SSSR count). The minimum absolute atomic E-state index is 0.219. The lowest BCUT2D eigenvalue weighted by molar-refractivity contribution is 0.296. The third-order valence-corrected chi connectivity index (χ3v) is 7.20. The number of nitrogens with zero attached hydrogens (tertiary/aromatic N) is 1. The fourth-order valence-corrected chi connectivity index (χ4v) is 5.78. The molecule has 0 unspecified atom stereocenters. The number of hydrogen-bond donors (Lipinski definition) is 0. The fourth-order valence-electron chi connectivity index (χ4n) is 3.86. The summed E-state index contributed by atoms with van der Waals surface area (Å²) in [6.07, 6.45) is 2.42. The minimum Gasteiger partial charge on any atom is -0.495 e. The quantitative estimate of drug-likeness (QED) is 0.779. The zero-order chi connectivity index (χ0) is 19.7. The number of rotatable bonds is 4. The summed E-state index contributed by atoms with van der Waals surface area (Å²) < 4.78 is 45.4. The normalized spacial score (nSPS) is 20.0. The molecule has 1 fully saturated rings. The van der Waals surface area contributed by atoms with Gasteiger partial charge >= 0.3 is 0 Å². The molecule has 0 N–H and O–H groups in total. The lowest BCUT2D eigenvalue weighted by atomic mass is 10.0. The van der Waals surface area contributed by atoms with Crippen LogP contribution in [0.1, 0.15) is 36.4 Å². The highest BCUT2D eigenvalue weighted by molar-refractivity contribution is 7.89. The summed E-state index contributed by atoms with van der Waals surface area (Å²) in [6, 6.07) is 10.8. The first-order valence-electron chi connectivity index (χ1n) is 9.57. The Kier molecular flexibility index (Phi) is 5.21. The lowest BCUT2D eigenvalue weighted by Gasteiger charge is -2.26. The van der Waals surface area contributed by atoms with Gasteiger partial charge in [-0.2, -0.15) is 4.31 Å². The summed E-state index contributed by atoms with van der Waals surface area (Å²) >= 11 is 0. The van der Waals surface area contributed by atoms with Crippen LogP contribution in [0.2, 0.25) is 0 Å². The largest absolute Gasteiger partial charge is 0.495 e. The second-order valence-corrected chi connectivity index (χ2v) is 9.04. The summed E-state index contributed by atoms with van der Waals surface area (Å²) in [4.78, 5) is 0.219. The molecule has 0 aliphatic carbocycles. The van der Waals surface area contributed by atoms with Crippen molar-refractivity contribution < 1.29 is 22.6 Å². The molecule has 150 valence electrons. The van der Waals surface area contributed by atoms with Crippen LogP contribution in [0.25, 0.3) is 0 Å². The number of hydrogen-bond acceptors (Lipinski definition) is 5. The summed E-state index contributed by atoms with van der Waals surface area (Å²) in [5.41, 5.74) is 1.81. The van der Waals surface area contributed by atoms with E-state index in [4.69, 9.17) is 14.2 Å². The van der Waals surface area contributed by atoms with Crippen molar-refractivity contribution in [3.8, 4) is 17.2 Å². The molecule has 0 radical (unpaired) electrons. The Morgan fingerprint density at radius 3 is 2.61 bits per heavy atom. The van der Waals surface area contributed by atoms with Gasteiger partial charge in [0.05, 0.1) is 26.4 Å². The first kappa shape index (κ1) is 19.1. The van der Waals surface area contributed by atoms with E-state index >= 15 is 0 Å². The first-order valence-corrected chi connectivity index (χ1v) is 11.0. The predicted molar refractivity (Wildman–Crippen MR) is 106 cm³/mol. The van der Waals surface area contributed by atoms with E-state index < -0.39 is 10.0 Å². The highest BCUT2D eigenvalue weighted by Crippen LogP contribution is 2.41. The highest BCUT2D eigenvalue weighted by Gasteiger charge is 2.38. The van der Waals surface area contributed by atoms with Crippen LogP contribution in [0, 0.1) is 6.92 Å². The predicted octanol–water partition coefficient (Wildman–Crippen LogP) is 3.69. The average molecular weight is 404 g/mol. The van der Waals surface area contributed by atoms with Gasteiger partial charge in [-0.05, 0) is 55.2 Å². The lowest BCUT2D eigenvalue weighted by Crippen LogP contribution is -2.31. The molecule has 7 heteroatoms. The smallest absolute Gasteiger partial charge is 0.247 e. The fraction of sp³-hybridized carbons (Fsp3) is 0.429. The molecule has 0 spiro atoms. The van der Waals surface area contributed by atoms with Crippen molar-refractivity contribution in [2.45, 2.75) is 37.1 Å². The number of aryl methyl sites for hydroxylation is 1. The van der Waals surface area contributed by atoms with Crippen LogP contribution in [0.5, 0.6) is 17.2 Å². The number of sulfonamides is 1. The van der Waals surface area contributed by atoms with Crippen molar-refractivity contribution in [1.29, 1.82) is 0 Å². The molecule has 28 heavy (non-hydrogen) atoms. The van der Waals surface area contributed by atoms with Crippen LogP contribution in [0.4, 0.5) is 0 Å². The third-order valence-electron chi connectivity index (χ3n) is 5.27. The molecule has 2 aromatic carbocycles. The number of benzene rings is 2. The van der Waals surface area contributed by atoms with Gasteiger partial charge in [0.1, 0.15) is 10.6 Å². The van der Waals surface area contributed by atoms with E-state index in [1.807, 2.05) is 31.2 Å². The van der Waals surface area contributed by atoms with Gasteiger partial charge < -0.3 is 14.2 Å². The summed E-state index contributed by atoms with van der Waals surface area (Å²) in [7, 11) is -2.20. The Balaban J connectivity index is 1.71. The Bertz CT molecular complexity index is 973. The molecule has 0 amide bonds. The standard InChI is InChI=1S/C21H25NO5S/c1-15-6-8-19(25-2)21(13-15)28(23,24)22-10-3-5-17(22)16-7-9-18-20(14-16)27-12-4-11-26-18/h6-9,13-14,17H,3-5,10-12H2,1-2H3/t17-/m1/s1. The van der Waals surface area contributed by atoms with Crippen LogP contribution in [0.15, 0.2) is 41.3 Å². The van der Waals surface area contributed by atoms with Gasteiger partial charge in [-0.15, -0.1) is 0 Å². The molecular formula is C21H25NO5S. The van der Waals surface area contributed by atoms with Crippen molar-refractivity contribution in [3.63, 3.8) is 0 Å². The molecule has 0 saturated carbocycles. The third kappa shape index (κ3) is 3.44. The number of ether oxygens (including phenoxy) is 3. The average Bonchev–Trinajstić information content (AvgIpc) is 3.08. The van der Waals surface area contributed by atoms with Gasteiger partial charge in [0.2, 0.25) is 10.0 Å².